The maximum Gasteiger partial charge on any atom is 0.335 e. The molecule has 21 heavy (non-hydrogen) atoms. The number of carbonyl (C=O) groups is 1. The van der Waals surface area contributed by atoms with E-state index in [0.29, 0.717) is 17.3 Å². The number of benzene rings is 1. The first-order valence-corrected chi connectivity index (χ1v) is 8.79. The number of carboxylic acid groups (broad SMARTS) is 1. The summed E-state index contributed by atoms with van der Waals surface area (Å²) < 4.78 is 27.1. The number of halogens is 1. The summed E-state index contributed by atoms with van der Waals surface area (Å²) >= 11 is 3.12. The predicted octanol–water partition coefficient (Wildman–Crippen LogP) is 1.98. The largest absolute Gasteiger partial charge is 0.478 e. The van der Waals surface area contributed by atoms with Crippen LogP contribution in [0.4, 0.5) is 0 Å². The first-order valence-electron chi connectivity index (χ1n) is 6.52. The summed E-state index contributed by atoms with van der Waals surface area (Å²) in [5.41, 5.74) is -0.0819. The fraction of sp³-hybridized carbons (Fsp3) is 0.462. The van der Waals surface area contributed by atoms with Gasteiger partial charge in [0, 0.05) is 17.6 Å². The molecule has 6 nitrogen and oxygen atoms in total. The summed E-state index contributed by atoms with van der Waals surface area (Å²) in [6.07, 6.45) is 3.03. The van der Waals surface area contributed by atoms with E-state index in [1.165, 1.54) is 12.1 Å². The van der Waals surface area contributed by atoms with Crippen molar-refractivity contribution in [3.8, 4) is 0 Å². The molecular weight excluding hydrogens is 362 g/mol. The molecule has 0 saturated carbocycles. The van der Waals surface area contributed by atoms with Crippen LogP contribution >= 0.6 is 15.9 Å². The fourth-order valence-corrected chi connectivity index (χ4v) is 3.78. The van der Waals surface area contributed by atoms with Gasteiger partial charge >= 0.3 is 5.97 Å². The molecular formula is C13H18BrNO5S. The van der Waals surface area contributed by atoms with E-state index in [4.69, 9.17) is 10.2 Å². The topological polar surface area (TPSA) is 104 Å². The Morgan fingerprint density at radius 1 is 1.19 bits per heavy atom. The number of aliphatic hydroxyl groups is 1. The zero-order chi connectivity index (χ0) is 15.9. The van der Waals surface area contributed by atoms with Crippen LogP contribution in [0.2, 0.25) is 0 Å². The molecule has 0 fully saturated rings. The number of unbranched alkanes of at least 4 members (excludes halogenated alkanes) is 3. The Morgan fingerprint density at radius 3 is 2.48 bits per heavy atom. The molecule has 0 atom stereocenters. The smallest absolute Gasteiger partial charge is 0.335 e. The first-order chi connectivity index (χ1) is 9.88. The molecule has 0 aromatic heterocycles. The van der Waals surface area contributed by atoms with Crippen molar-refractivity contribution in [2.75, 3.05) is 13.2 Å². The van der Waals surface area contributed by atoms with Crippen LogP contribution in [0.1, 0.15) is 36.0 Å². The minimum absolute atomic E-state index is 0.0819. The summed E-state index contributed by atoms with van der Waals surface area (Å²) in [5, 5.41) is 17.5. The molecule has 0 unspecified atom stereocenters. The molecule has 0 bridgehead atoms. The lowest BCUT2D eigenvalue weighted by Crippen LogP contribution is -2.25. The summed E-state index contributed by atoms with van der Waals surface area (Å²) in [5.74, 6) is -1.18. The highest BCUT2D eigenvalue weighted by Crippen LogP contribution is 2.23. The van der Waals surface area contributed by atoms with Gasteiger partial charge in [-0.3, -0.25) is 0 Å². The van der Waals surface area contributed by atoms with E-state index in [-0.39, 0.29) is 23.6 Å². The highest BCUT2D eigenvalue weighted by Gasteiger charge is 2.19. The van der Waals surface area contributed by atoms with Crippen molar-refractivity contribution in [2.24, 2.45) is 0 Å². The number of aliphatic hydroxyl groups excluding tert-OH is 1. The molecule has 1 rings (SSSR count). The SMILES string of the molecule is O=C(O)c1ccc(Br)c(S(=O)(=O)NCCCCCCO)c1. The van der Waals surface area contributed by atoms with Crippen molar-refractivity contribution in [3.63, 3.8) is 0 Å². The number of carboxylic acids is 1. The molecule has 3 N–H and O–H groups in total. The Labute approximate surface area is 132 Å². The van der Waals surface area contributed by atoms with E-state index < -0.39 is 16.0 Å². The van der Waals surface area contributed by atoms with Gasteiger partial charge in [0.05, 0.1) is 10.5 Å². The molecule has 0 aliphatic heterocycles. The molecule has 0 spiro atoms. The number of hydrogen-bond acceptors (Lipinski definition) is 4. The van der Waals surface area contributed by atoms with Gasteiger partial charge in [0.2, 0.25) is 10.0 Å². The molecule has 0 saturated heterocycles. The minimum Gasteiger partial charge on any atom is -0.478 e. The third kappa shape index (κ3) is 5.74. The number of nitrogens with one attached hydrogen (secondary N) is 1. The van der Waals surface area contributed by atoms with Gasteiger partial charge in [0.25, 0.3) is 0 Å². The van der Waals surface area contributed by atoms with E-state index >= 15 is 0 Å². The lowest BCUT2D eigenvalue weighted by atomic mass is 10.2. The van der Waals surface area contributed by atoms with Crippen LogP contribution in [0.25, 0.3) is 0 Å². The lowest BCUT2D eigenvalue weighted by molar-refractivity contribution is 0.0696. The van der Waals surface area contributed by atoms with Gasteiger partial charge in [-0.15, -0.1) is 0 Å². The lowest BCUT2D eigenvalue weighted by Gasteiger charge is -2.09. The van der Waals surface area contributed by atoms with Gasteiger partial charge in [-0.2, -0.15) is 0 Å². The van der Waals surface area contributed by atoms with Crippen LogP contribution in [0, 0.1) is 0 Å². The standard InChI is InChI=1S/C13H18BrNO5S/c14-11-6-5-10(13(17)18)9-12(11)21(19,20)15-7-3-1-2-4-8-16/h5-6,9,15-16H,1-4,7-8H2,(H,17,18). The molecule has 0 aliphatic rings. The number of aromatic carboxylic acids is 1. The van der Waals surface area contributed by atoms with E-state index in [0.717, 1.165) is 18.9 Å². The van der Waals surface area contributed by atoms with Gasteiger partial charge in [-0.1, -0.05) is 12.8 Å². The summed E-state index contributed by atoms with van der Waals surface area (Å²) in [4.78, 5) is 10.8. The Bertz CT molecular complexity index is 588. The van der Waals surface area contributed by atoms with Crippen LogP contribution in [0.5, 0.6) is 0 Å². The third-order valence-electron chi connectivity index (χ3n) is 2.84. The summed E-state index contributed by atoms with van der Waals surface area (Å²) in [6.45, 7) is 0.415. The average Bonchev–Trinajstić information content (AvgIpc) is 2.42. The predicted molar refractivity (Wildman–Crippen MR) is 81.8 cm³/mol. The van der Waals surface area contributed by atoms with Gasteiger partial charge in [0.15, 0.2) is 0 Å². The van der Waals surface area contributed by atoms with Crippen molar-refractivity contribution in [3.05, 3.63) is 28.2 Å². The zero-order valence-corrected chi connectivity index (χ0v) is 13.8. The second-order valence-corrected chi connectivity index (χ2v) is 7.08. The van der Waals surface area contributed by atoms with Crippen molar-refractivity contribution in [1.29, 1.82) is 0 Å². The Morgan fingerprint density at radius 2 is 1.86 bits per heavy atom. The molecule has 0 amide bonds. The second-order valence-electron chi connectivity index (χ2n) is 4.49. The summed E-state index contributed by atoms with van der Waals surface area (Å²) in [7, 11) is -3.75. The molecule has 1 aromatic carbocycles. The highest BCUT2D eigenvalue weighted by atomic mass is 79.9. The maximum absolute atomic E-state index is 12.1. The minimum atomic E-state index is -3.75. The molecule has 0 radical (unpaired) electrons. The summed E-state index contributed by atoms with van der Waals surface area (Å²) in [6, 6.07) is 3.86. The van der Waals surface area contributed by atoms with Crippen molar-refractivity contribution >= 4 is 31.9 Å². The highest BCUT2D eigenvalue weighted by molar-refractivity contribution is 9.10. The number of hydrogen-bond donors (Lipinski definition) is 3. The average molecular weight is 380 g/mol. The van der Waals surface area contributed by atoms with Crippen molar-refractivity contribution in [1.82, 2.24) is 4.72 Å². The van der Waals surface area contributed by atoms with Crippen LogP contribution < -0.4 is 4.72 Å². The molecule has 8 heteroatoms. The van der Waals surface area contributed by atoms with Crippen molar-refractivity contribution < 1.29 is 23.4 Å². The zero-order valence-electron chi connectivity index (χ0n) is 11.4. The Balaban J connectivity index is 2.70. The fourth-order valence-electron chi connectivity index (χ4n) is 1.72. The molecule has 0 aliphatic carbocycles. The Hall–Kier alpha value is -0.960. The third-order valence-corrected chi connectivity index (χ3v) is 5.30. The van der Waals surface area contributed by atoms with Crippen molar-refractivity contribution in [2.45, 2.75) is 30.6 Å². The van der Waals surface area contributed by atoms with Gasteiger partial charge < -0.3 is 10.2 Å². The number of rotatable bonds is 9. The molecule has 118 valence electrons. The van der Waals surface area contributed by atoms with E-state index in [1.54, 1.807) is 0 Å². The van der Waals surface area contributed by atoms with Gasteiger partial charge in [-0.05, 0) is 47.0 Å². The Kier molecular flexibility index (Phi) is 7.30. The second kappa shape index (κ2) is 8.47. The monoisotopic (exact) mass is 379 g/mol. The van der Waals surface area contributed by atoms with Crippen LogP contribution in [0.15, 0.2) is 27.6 Å². The van der Waals surface area contributed by atoms with Crippen LogP contribution in [-0.2, 0) is 10.0 Å². The van der Waals surface area contributed by atoms with Crippen LogP contribution in [0.3, 0.4) is 0 Å². The molecule has 0 heterocycles. The molecule has 1 aromatic rings. The quantitative estimate of drug-likeness (QED) is 0.569. The normalized spacial score (nSPS) is 11.5. The van der Waals surface area contributed by atoms with Gasteiger partial charge in [0.1, 0.15) is 0 Å². The van der Waals surface area contributed by atoms with Gasteiger partial charge in [-0.25, -0.2) is 17.9 Å². The number of sulfonamides is 1. The van der Waals surface area contributed by atoms with E-state index in [1.807, 2.05) is 0 Å². The van der Waals surface area contributed by atoms with E-state index in [2.05, 4.69) is 20.7 Å². The van der Waals surface area contributed by atoms with Crippen LogP contribution in [-0.4, -0.2) is 37.8 Å². The van der Waals surface area contributed by atoms with E-state index in [9.17, 15) is 13.2 Å². The maximum atomic E-state index is 12.1. The first kappa shape index (κ1) is 18.1.